The molecule has 18 heavy (non-hydrogen) atoms. The lowest BCUT2D eigenvalue weighted by molar-refractivity contribution is 0.612. The second kappa shape index (κ2) is 5.92. The molecular formula is C11H15N3O2S2. The molecule has 0 saturated carbocycles. The van der Waals surface area contributed by atoms with Crippen LogP contribution in [0.3, 0.4) is 0 Å². The number of nitrogens with two attached hydrogens (primary N) is 2. The van der Waals surface area contributed by atoms with Gasteiger partial charge in [-0.25, -0.2) is 13.4 Å². The summed E-state index contributed by atoms with van der Waals surface area (Å²) < 4.78 is 22.4. The van der Waals surface area contributed by atoms with E-state index >= 15 is 0 Å². The van der Waals surface area contributed by atoms with Gasteiger partial charge in [-0.1, -0.05) is 12.1 Å². The molecule has 0 aliphatic rings. The number of benzene rings is 1. The van der Waals surface area contributed by atoms with E-state index < -0.39 is 15.0 Å². The van der Waals surface area contributed by atoms with E-state index in [1.165, 1.54) is 6.20 Å². The average Bonchev–Trinajstić information content (AvgIpc) is 2.34. The van der Waals surface area contributed by atoms with E-state index in [-0.39, 0.29) is 0 Å². The molecule has 1 aromatic rings. The van der Waals surface area contributed by atoms with Gasteiger partial charge in [-0.05, 0) is 18.4 Å². The highest BCUT2D eigenvalue weighted by Gasteiger charge is 2.10. The molecule has 0 aromatic heterocycles. The molecule has 1 aromatic carbocycles. The molecule has 0 aliphatic heterocycles. The molecule has 0 aliphatic carbocycles. The van der Waals surface area contributed by atoms with Crippen LogP contribution in [-0.4, -0.2) is 26.1 Å². The number of aliphatic imine (C=N–C) groups is 1. The summed E-state index contributed by atoms with van der Waals surface area (Å²) in [5, 5.41) is -0.451. The van der Waals surface area contributed by atoms with Crippen molar-refractivity contribution in [3.8, 4) is 0 Å². The summed E-state index contributed by atoms with van der Waals surface area (Å²) in [4.78, 5) is 4.92. The monoisotopic (exact) mass is 285 g/mol. The van der Waals surface area contributed by atoms with Gasteiger partial charge in [0.05, 0.1) is 5.70 Å². The SMILES string of the molecule is CSc1ccc(/C(=C/N)N=C(N)S(C)(=O)=O)cc1. The van der Waals surface area contributed by atoms with Crippen LogP contribution in [0.5, 0.6) is 0 Å². The summed E-state index contributed by atoms with van der Waals surface area (Å²) in [5.74, 6) is 0. The van der Waals surface area contributed by atoms with Crippen LogP contribution >= 0.6 is 11.8 Å². The number of hydrogen-bond donors (Lipinski definition) is 2. The third kappa shape index (κ3) is 3.78. The molecule has 0 atom stereocenters. The highest BCUT2D eigenvalue weighted by Crippen LogP contribution is 2.20. The minimum absolute atomic E-state index is 0.325. The minimum Gasteiger partial charge on any atom is -0.403 e. The third-order valence-electron chi connectivity index (χ3n) is 2.15. The number of nitrogens with zero attached hydrogens (tertiary/aromatic N) is 1. The van der Waals surface area contributed by atoms with Crippen molar-refractivity contribution in [1.29, 1.82) is 0 Å². The maximum absolute atomic E-state index is 11.2. The molecule has 7 heteroatoms. The summed E-state index contributed by atoms with van der Waals surface area (Å²) in [6.07, 6.45) is 4.19. The van der Waals surface area contributed by atoms with E-state index in [4.69, 9.17) is 11.5 Å². The van der Waals surface area contributed by atoms with Crippen LogP contribution in [0.2, 0.25) is 0 Å². The summed E-state index contributed by atoms with van der Waals surface area (Å²) in [6.45, 7) is 0. The van der Waals surface area contributed by atoms with E-state index in [0.717, 1.165) is 11.2 Å². The Labute approximate surface area is 111 Å². The highest BCUT2D eigenvalue weighted by atomic mass is 32.2. The number of amidine groups is 1. The molecule has 0 heterocycles. The lowest BCUT2D eigenvalue weighted by Gasteiger charge is -2.04. The Kier molecular flexibility index (Phi) is 4.80. The van der Waals surface area contributed by atoms with E-state index in [2.05, 4.69) is 4.99 Å². The fraction of sp³-hybridized carbons (Fsp3) is 0.182. The Morgan fingerprint density at radius 2 is 1.89 bits per heavy atom. The second-order valence-electron chi connectivity index (χ2n) is 3.50. The van der Waals surface area contributed by atoms with E-state index in [1.807, 2.05) is 30.5 Å². The first kappa shape index (κ1) is 14.6. The molecule has 0 spiro atoms. The summed E-state index contributed by atoms with van der Waals surface area (Å²) in [6, 6.07) is 7.42. The summed E-state index contributed by atoms with van der Waals surface area (Å²) in [7, 11) is -3.50. The molecule has 1 rings (SSSR count). The Morgan fingerprint density at radius 3 is 2.28 bits per heavy atom. The van der Waals surface area contributed by atoms with Gasteiger partial charge < -0.3 is 11.5 Å². The minimum atomic E-state index is -3.50. The van der Waals surface area contributed by atoms with Crippen LogP contribution in [0.15, 0.2) is 40.4 Å². The van der Waals surface area contributed by atoms with Gasteiger partial charge >= 0.3 is 0 Å². The Balaban J connectivity index is 3.12. The topological polar surface area (TPSA) is 98.5 Å². The van der Waals surface area contributed by atoms with E-state index in [9.17, 15) is 8.42 Å². The lowest BCUT2D eigenvalue weighted by atomic mass is 10.2. The first-order valence-corrected chi connectivity index (χ1v) is 8.10. The normalized spacial score (nSPS) is 13.7. The highest BCUT2D eigenvalue weighted by molar-refractivity contribution is 8.05. The fourth-order valence-corrected chi connectivity index (χ4v) is 1.83. The van der Waals surface area contributed by atoms with Crippen LogP contribution in [-0.2, 0) is 9.84 Å². The number of rotatable bonds is 3. The smallest absolute Gasteiger partial charge is 0.218 e. The zero-order chi connectivity index (χ0) is 13.8. The number of hydrogen-bond acceptors (Lipinski definition) is 5. The van der Waals surface area contributed by atoms with Gasteiger partial charge in [0.15, 0.2) is 0 Å². The van der Waals surface area contributed by atoms with Crippen molar-refractivity contribution in [1.82, 2.24) is 0 Å². The molecule has 0 fully saturated rings. The Morgan fingerprint density at radius 1 is 1.33 bits per heavy atom. The maximum atomic E-state index is 11.2. The molecule has 0 saturated heterocycles. The van der Waals surface area contributed by atoms with Gasteiger partial charge in [0.1, 0.15) is 0 Å². The van der Waals surface area contributed by atoms with E-state index in [0.29, 0.717) is 11.3 Å². The van der Waals surface area contributed by atoms with Crippen molar-refractivity contribution < 1.29 is 8.42 Å². The molecular weight excluding hydrogens is 270 g/mol. The van der Waals surface area contributed by atoms with Gasteiger partial charge in [-0.15, -0.1) is 11.8 Å². The molecule has 5 nitrogen and oxygen atoms in total. The van der Waals surface area contributed by atoms with Crippen LogP contribution in [0, 0.1) is 0 Å². The predicted octanol–water partition coefficient (Wildman–Crippen LogP) is 1.02. The number of thioether (sulfide) groups is 1. The quantitative estimate of drug-likeness (QED) is 0.491. The standard InChI is InChI=1S/C11H15N3O2S2/c1-17-9-5-3-8(4-6-9)10(7-12)14-11(13)18(2,15)16/h3-7H,12H2,1-2H3,(H2,13,14)/b10-7-. The molecule has 98 valence electrons. The van der Waals surface area contributed by atoms with E-state index in [1.54, 1.807) is 11.8 Å². The Hall–Kier alpha value is -1.47. The molecule has 0 radical (unpaired) electrons. The molecule has 0 unspecified atom stereocenters. The zero-order valence-corrected chi connectivity index (χ0v) is 11.8. The van der Waals surface area contributed by atoms with Crippen LogP contribution < -0.4 is 11.5 Å². The van der Waals surface area contributed by atoms with Crippen molar-refractivity contribution in [2.75, 3.05) is 12.5 Å². The summed E-state index contributed by atoms with van der Waals surface area (Å²) in [5.41, 5.74) is 11.9. The van der Waals surface area contributed by atoms with Crippen molar-refractivity contribution >= 4 is 32.5 Å². The van der Waals surface area contributed by atoms with Gasteiger partial charge in [0.2, 0.25) is 15.0 Å². The third-order valence-corrected chi connectivity index (χ3v) is 3.75. The molecule has 4 N–H and O–H groups in total. The van der Waals surface area contributed by atoms with Crippen LogP contribution in [0.4, 0.5) is 0 Å². The maximum Gasteiger partial charge on any atom is 0.218 e. The largest absolute Gasteiger partial charge is 0.403 e. The number of sulfone groups is 1. The van der Waals surface area contributed by atoms with Crippen molar-refractivity contribution in [3.05, 3.63) is 36.0 Å². The van der Waals surface area contributed by atoms with Gasteiger partial charge in [-0.2, -0.15) is 0 Å². The average molecular weight is 285 g/mol. The fourth-order valence-electron chi connectivity index (χ4n) is 1.16. The first-order valence-electron chi connectivity index (χ1n) is 4.99. The van der Waals surface area contributed by atoms with Crippen molar-refractivity contribution in [2.24, 2.45) is 16.5 Å². The van der Waals surface area contributed by atoms with Gasteiger partial charge in [0, 0.05) is 22.9 Å². The second-order valence-corrected chi connectivity index (χ2v) is 6.34. The lowest BCUT2D eigenvalue weighted by Crippen LogP contribution is -2.22. The van der Waals surface area contributed by atoms with Crippen molar-refractivity contribution in [3.63, 3.8) is 0 Å². The summed E-state index contributed by atoms with van der Waals surface area (Å²) >= 11 is 1.61. The first-order chi connectivity index (χ1) is 8.38. The van der Waals surface area contributed by atoms with Crippen LogP contribution in [0.1, 0.15) is 5.56 Å². The predicted molar refractivity (Wildman–Crippen MR) is 76.9 cm³/mol. The van der Waals surface area contributed by atoms with Gasteiger partial charge in [-0.3, -0.25) is 0 Å². The Bertz CT molecular complexity index is 575. The molecule has 0 bridgehead atoms. The molecule has 0 amide bonds. The van der Waals surface area contributed by atoms with Gasteiger partial charge in [0.25, 0.3) is 0 Å². The van der Waals surface area contributed by atoms with Crippen LogP contribution in [0.25, 0.3) is 5.70 Å². The van der Waals surface area contributed by atoms with Crippen molar-refractivity contribution in [2.45, 2.75) is 4.90 Å². The zero-order valence-electron chi connectivity index (χ0n) is 10.1.